The van der Waals surface area contributed by atoms with E-state index >= 15 is 0 Å². The first-order chi connectivity index (χ1) is 6.15. The summed E-state index contributed by atoms with van der Waals surface area (Å²) >= 11 is 0. The molecule has 2 heterocycles. The first kappa shape index (κ1) is 8.53. The van der Waals surface area contributed by atoms with Gasteiger partial charge in [-0.25, -0.2) is 0 Å². The van der Waals surface area contributed by atoms with E-state index in [0.29, 0.717) is 0 Å². The van der Waals surface area contributed by atoms with Crippen LogP contribution in [0.3, 0.4) is 0 Å². The number of likely N-dealkylation sites (tertiary alicyclic amines) is 2. The number of carbonyl (C=O) groups is 2. The van der Waals surface area contributed by atoms with E-state index in [0.717, 1.165) is 39.0 Å². The Morgan fingerprint density at radius 3 is 2.54 bits per heavy atom. The molecule has 72 valence electrons. The summed E-state index contributed by atoms with van der Waals surface area (Å²) in [5, 5.41) is 0. The van der Waals surface area contributed by atoms with Gasteiger partial charge in [0.1, 0.15) is 0 Å². The van der Waals surface area contributed by atoms with Gasteiger partial charge in [0.25, 0.3) is 0 Å². The van der Waals surface area contributed by atoms with Crippen molar-refractivity contribution in [3.8, 4) is 0 Å². The summed E-state index contributed by atoms with van der Waals surface area (Å²) in [4.78, 5) is 25.1. The van der Waals surface area contributed by atoms with Gasteiger partial charge in [-0.1, -0.05) is 0 Å². The first-order valence-corrected chi connectivity index (χ1v) is 4.60. The van der Waals surface area contributed by atoms with Gasteiger partial charge >= 0.3 is 0 Å². The predicted molar refractivity (Wildman–Crippen MR) is 46.9 cm³/mol. The zero-order valence-corrected chi connectivity index (χ0v) is 7.82. The molecule has 0 radical (unpaired) electrons. The molecule has 2 amide bonds. The van der Waals surface area contributed by atoms with Crippen molar-refractivity contribution in [2.24, 2.45) is 5.41 Å². The van der Waals surface area contributed by atoms with E-state index in [1.54, 1.807) is 11.8 Å². The van der Waals surface area contributed by atoms with Crippen LogP contribution in [-0.2, 0) is 9.59 Å². The third-order valence-corrected chi connectivity index (χ3v) is 3.11. The van der Waals surface area contributed by atoms with Crippen molar-refractivity contribution in [2.45, 2.75) is 13.3 Å². The SMILES string of the molecule is CC(=O)N1CCC2(CN(C=O)C2)C1. The molecular weight excluding hydrogens is 168 g/mol. The van der Waals surface area contributed by atoms with Crippen molar-refractivity contribution < 1.29 is 9.59 Å². The monoisotopic (exact) mass is 182 g/mol. The molecule has 13 heavy (non-hydrogen) atoms. The van der Waals surface area contributed by atoms with Gasteiger partial charge in [0.05, 0.1) is 0 Å². The Hall–Kier alpha value is -1.06. The van der Waals surface area contributed by atoms with Crippen LogP contribution in [0.5, 0.6) is 0 Å². The van der Waals surface area contributed by atoms with E-state index in [9.17, 15) is 9.59 Å². The molecule has 0 N–H and O–H groups in total. The van der Waals surface area contributed by atoms with E-state index < -0.39 is 0 Å². The zero-order chi connectivity index (χ0) is 9.47. The van der Waals surface area contributed by atoms with Crippen LogP contribution in [0.25, 0.3) is 0 Å². The highest BCUT2D eigenvalue weighted by Gasteiger charge is 2.47. The number of amides is 2. The van der Waals surface area contributed by atoms with Crippen LogP contribution >= 0.6 is 0 Å². The number of nitrogens with zero attached hydrogens (tertiary/aromatic N) is 2. The maximum Gasteiger partial charge on any atom is 0.219 e. The van der Waals surface area contributed by atoms with Crippen LogP contribution in [0.2, 0.25) is 0 Å². The van der Waals surface area contributed by atoms with Crippen LogP contribution in [0.1, 0.15) is 13.3 Å². The Labute approximate surface area is 77.5 Å². The quantitative estimate of drug-likeness (QED) is 0.522. The van der Waals surface area contributed by atoms with Crippen molar-refractivity contribution in [3.63, 3.8) is 0 Å². The Morgan fingerprint density at radius 2 is 2.08 bits per heavy atom. The molecule has 0 atom stereocenters. The Bertz CT molecular complexity index is 246. The molecule has 4 nitrogen and oxygen atoms in total. The summed E-state index contributed by atoms with van der Waals surface area (Å²) in [6.45, 7) is 4.98. The van der Waals surface area contributed by atoms with Crippen LogP contribution < -0.4 is 0 Å². The highest BCUT2D eigenvalue weighted by molar-refractivity contribution is 5.73. The molecule has 0 aromatic carbocycles. The van der Waals surface area contributed by atoms with Gasteiger partial charge in [-0.15, -0.1) is 0 Å². The summed E-state index contributed by atoms with van der Waals surface area (Å²) in [5.41, 5.74) is 0.243. The van der Waals surface area contributed by atoms with Gasteiger partial charge in [0.15, 0.2) is 0 Å². The minimum Gasteiger partial charge on any atom is -0.344 e. The summed E-state index contributed by atoms with van der Waals surface area (Å²) in [6.07, 6.45) is 1.94. The van der Waals surface area contributed by atoms with Gasteiger partial charge in [0, 0.05) is 38.5 Å². The molecule has 0 unspecified atom stereocenters. The lowest BCUT2D eigenvalue weighted by Crippen LogP contribution is -2.56. The molecule has 2 fully saturated rings. The first-order valence-electron chi connectivity index (χ1n) is 4.60. The average Bonchev–Trinajstić information content (AvgIpc) is 2.45. The van der Waals surface area contributed by atoms with Gasteiger partial charge in [0.2, 0.25) is 12.3 Å². The maximum atomic E-state index is 11.1. The highest BCUT2D eigenvalue weighted by Crippen LogP contribution is 2.38. The van der Waals surface area contributed by atoms with Crippen LogP contribution in [0.4, 0.5) is 0 Å². The van der Waals surface area contributed by atoms with E-state index in [1.165, 1.54) is 0 Å². The largest absolute Gasteiger partial charge is 0.344 e. The van der Waals surface area contributed by atoms with E-state index in [1.807, 2.05) is 4.90 Å². The molecular formula is C9H14N2O2. The second-order valence-electron chi connectivity index (χ2n) is 4.20. The Balaban J connectivity index is 1.92. The predicted octanol–water partition coefficient (Wildman–Crippen LogP) is -0.303. The molecule has 0 aromatic rings. The van der Waals surface area contributed by atoms with E-state index in [-0.39, 0.29) is 11.3 Å². The molecule has 2 aliphatic rings. The summed E-state index contributed by atoms with van der Waals surface area (Å²) in [7, 11) is 0. The van der Waals surface area contributed by atoms with Crippen molar-refractivity contribution in [2.75, 3.05) is 26.2 Å². The minimum absolute atomic E-state index is 0.154. The van der Waals surface area contributed by atoms with E-state index in [2.05, 4.69) is 0 Å². The Morgan fingerprint density at radius 1 is 1.38 bits per heavy atom. The molecule has 2 aliphatic heterocycles. The lowest BCUT2D eigenvalue weighted by atomic mass is 9.79. The molecule has 0 saturated carbocycles. The number of hydrogen-bond acceptors (Lipinski definition) is 2. The molecule has 2 rings (SSSR count). The summed E-state index contributed by atoms with van der Waals surface area (Å²) in [5.74, 6) is 0.154. The lowest BCUT2D eigenvalue weighted by molar-refractivity contribution is -0.131. The fraction of sp³-hybridized carbons (Fsp3) is 0.778. The highest BCUT2D eigenvalue weighted by atomic mass is 16.2. The van der Waals surface area contributed by atoms with Gasteiger partial charge in [-0.2, -0.15) is 0 Å². The molecule has 0 aromatic heterocycles. The number of rotatable bonds is 1. The zero-order valence-electron chi connectivity index (χ0n) is 7.82. The second kappa shape index (κ2) is 2.72. The summed E-state index contributed by atoms with van der Waals surface area (Å²) in [6, 6.07) is 0. The molecule has 0 bridgehead atoms. The van der Waals surface area contributed by atoms with Gasteiger partial charge in [-0.05, 0) is 6.42 Å². The molecule has 0 aliphatic carbocycles. The minimum atomic E-state index is 0.154. The van der Waals surface area contributed by atoms with E-state index in [4.69, 9.17) is 0 Å². The van der Waals surface area contributed by atoms with Gasteiger partial charge in [-0.3, -0.25) is 9.59 Å². The third-order valence-electron chi connectivity index (χ3n) is 3.11. The number of hydrogen-bond donors (Lipinski definition) is 0. The van der Waals surface area contributed by atoms with Crippen LogP contribution in [0, 0.1) is 5.41 Å². The average molecular weight is 182 g/mol. The van der Waals surface area contributed by atoms with Crippen LogP contribution in [-0.4, -0.2) is 48.3 Å². The van der Waals surface area contributed by atoms with Crippen molar-refractivity contribution >= 4 is 12.3 Å². The van der Waals surface area contributed by atoms with Crippen LogP contribution in [0.15, 0.2) is 0 Å². The molecule has 4 heteroatoms. The maximum absolute atomic E-state index is 11.1. The van der Waals surface area contributed by atoms with Crippen molar-refractivity contribution in [1.29, 1.82) is 0 Å². The normalized spacial score (nSPS) is 24.7. The smallest absolute Gasteiger partial charge is 0.219 e. The standard InChI is InChI=1S/C9H14N2O2/c1-8(13)11-3-2-9(6-11)4-10(5-9)7-12/h7H,2-6H2,1H3. The lowest BCUT2D eigenvalue weighted by Gasteiger charge is -2.45. The number of carbonyl (C=O) groups excluding carboxylic acids is 2. The summed E-state index contributed by atoms with van der Waals surface area (Å²) < 4.78 is 0. The fourth-order valence-corrected chi connectivity index (χ4v) is 2.35. The van der Waals surface area contributed by atoms with Crippen molar-refractivity contribution in [1.82, 2.24) is 9.80 Å². The second-order valence-corrected chi connectivity index (χ2v) is 4.20. The topological polar surface area (TPSA) is 40.6 Å². The van der Waals surface area contributed by atoms with Crippen molar-refractivity contribution in [3.05, 3.63) is 0 Å². The molecule has 1 spiro atoms. The molecule has 2 saturated heterocycles. The fourth-order valence-electron chi connectivity index (χ4n) is 2.35. The third kappa shape index (κ3) is 1.30. The van der Waals surface area contributed by atoms with Gasteiger partial charge < -0.3 is 9.80 Å². The Kier molecular flexibility index (Phi) is 1.78.